The molecule has 0 fully saturated rings. The number of nitrogens with one attached hydrogen (secondary N) is 2. The molecule has 0 heterocycles. The molecule has 0 atom stereocenters. The molecular formula is C6H13ClN2O2. The predicted octanol–water partition coefficient (Wildman–Crippen LogP) is 0.716. The van der Waals surface area contributed by atoms with Gasteiger partial charge in [-0.1, -0.05) is 13.8 Å². The molecule has 0 spiro atoms. The number of amidine groups is 1. The van der Waals surface area contributed by atoms with E-state index in [0.717, 1.165) is 0 Å². The maximum atomic E-state index is 9.97. The smallest absolute Gasteiger partial charge is 0.322 e. The highest BCUT2D eigenvalue weighted by Crippen LogP contribution is 1.89. The minimum atomic E-state index is -0.939. The average Bonchev–Trinajstić information content (AvgIpc) is 1.82. The summed E-state index contributed by atoms with van der Waals surface area (Å²) in [5.41, 5.74) is 0. The molecule has 0 saturated heterocycles. The first kappa shape index (κ1) is 12.9. The first-order valence-corrected chi connectivity index (χ1v) is 3.08. The minimum Gasteiger partial charge on any atom is -0.480 e. The van der Waals surface area contributed by atoms with E-state index < -0.39 is 5.97 Å². The van der Waals surface area contributed by atoms with Crippen LogP contribution in [0.3, 0.4) is 0 Å². The third-order valence-corrected chi connectivity index (χ3v) is 1.01. The summed E-state index contributed by atoms with van der Waals surface area (Å²) in [7, 11) is 0. The van der Waals surface area contributed by atoms with E-state index in [1.54, 1.807) is 0 Å². The third-order valence-electron chi connectivity index (χ3n) is 1.01. The lowest BCUT2D eigenvalue weighted by atomic mass is 10.2. The molecule has 0 rings (SSSR count). The molecule has 0 aliphatic rings. The van der Waals surface area contributed by atoms with Crippen LogP contribution in [0.1, 0.15) is 13.8 Å². The van der Waals surface area contributed by atoms with E-state index in [4.69, 9.17) is 10.5 Å². The molecule has 4 nitrogen and oxygen atoms in total. The zero-order valence-corrected chi connectivity index (χ0v) is 7.36. The van der Waals surface area contributed by atoms with Gasteiger partial charge >= 0.3 is 5.97 Å². The Kier molecular flexibility index (Phi) is 6.99. The van der Waals surface area contributed by atoms with Crippen LogP contribution in [0.5, 0.6) is 0 Å². The standard InChI is InChI=1S/C6H12N2O2.ClH/c1-4(2)6(7)8-3-5(9)10;/h4H,3H2,1-2H3,(H2,7,8)(H,9,10);1H. The van der Waals surface area contributed by atoms with Gasteiger partial charge in [0.2, 0.25) is 0 Å². The van der Waals surface area contributed by atoms with Gasteiger partial charge in [0.25, 0.3) is 0 Å². The fourth-order valence-electron chi connectivity index (χ4n) is 0.375. The van der Waals surface area contributed by atoms with Gasteiger partial charge in [-0.3, -0.25) is 10.2 Å². The van der Waals surface area contributed by atoms with Crippen molar-refractivity contribution in [2.75, 3.05) is 6.54 Å². The van der Waals surface area contributed by atoms with Crippen LogP contribution in [0.15, 0.2) is 0 Å². The second-order valence-corrected chi connectivity index (χ2v) is 2.32. The van der Waals surface area contributed by atoms with Crippen molar-refractivity contribution in [3.8, 4) is 0 Å². The van der Waals surface area contributed by atoms with E-state index in [0.29, 0.717) is 0 Å². The van der Waals surface area contributed by atoms with Crippen molar-refractivity contribution in [2.24, 2.45) is 5.92 Å². The van der Waals surface area contributed by atoms with Gasteiger partial charge in [0.05, 0.1) is 5.84 Å². The molecule has 0 aromatic carbocycles. The van der Waals surface area contributed by atoms with Crippen LogP contribution in [-0.4, -0.2) is 23.5 Å². The van der Waals surface area contributed by atoms with E-state index in [1.165, 1.54) is 0 Å². The number of carboxylic acids is 1. The van der Waals surface area contributed by atoms with E-state index >= 15 is 0 Å². The van der Waals surface area contributed by atoms with E-state index in [1.807, 2.05) is 13.8 Å². The van der Waals surface area contributed by atoms with Gasteiger partial charge in [-0.05, 0) is 0 Å². The van der Waals surface area contributed by atoms with Crippen molar-refractivity contribution < 1.29 is 9.90 Å². The third kappa shape index (κ3) is 7.12. The Hall–Kier alpha value is -0.770. The molecule has 0 radical (unpaired) electrons. The lowest BCUT2D eigenvalue weighted by molar-refractivity contribution is -0.135. The number of hydrogen-bond acceptors (Lipinski definition) is 2. The summed E-state index contributed by atoms with van der Waals surface area (Å²) < 4.78 is 0. The summed E-state index contributed by atoms with van der Waals surface area (Å²) >= 11 is 0. The largest absolute Gasteiger partial charge is 0.480 e. The maximum absolute atomic E-state index is 9.97. The van der Waals surface area contributed by atoms with Gasteiger partial charge in [-0.15, -0.1) is 12.4 Å². The maximum Gasteiger partial charge on any atom is 0.322 e. The Morgan fingerprint density at radius 3 is 2.36 bits per heavy atom. The number of carboxylic acid groups (broad SMARTS) is 1. The Balaban J connectivity index is 0. The summed E-state index contributed by atoms with van der Waals surface area (Å²) in [4.78, 5) is 9.97. The van der Waals surface area contributed by atoms with E-state index in [9.17, 15) is 4.79 Å². The molecule has 0 aliphatic carbocycles. The number of rotatable bonds is 3. The van der Waals surface area contributed by atoms with Crippen LogP contribution in [-0.2, 0) is 4.79 Å². The summed E-state index contributed by atoms with van der Waals surface area (Å²) in [6, 6.07) is 0. The Morgan fingerprint density at radius 1 is 1.64 bits per heavy atom. The van der Waals surface area contributed by atoms with Crippen LogP contribution >= 0.6 is 12.4 Å². The second-order valence-electron chi connectivity index (χ2n) is 2.32. The monoisotopic (exact) mass is 180 g/mol. The molecule has 11 heavy (non-hydrogen) atoms. The quantitative estimate of drug-likeness (QED) is 0.443. The predicted molar refractivity (Wildman–Crippen MR) is 45.5 cm³/mol. The highest BCUT2D eigenvalue weighted by Gasteiger charge is 2.02. The Morgan fingerprint density at radius 2 is 2.09 bits per heavy atom. The number of carbonyl (C=O) groups is 1. The zero-order valence-electron chi connectivity index (χ0n) is 6.55. The van der Waals surface area contributed by atoms with Gasteiger partial charge in [0.1, 0.15) is 6.54 Å². The molecule has 0 amide bonds. The highest BCUT2D eigenvalue weighted by atomic mass is 35.5. The summed E-state index contributed by atoms with van der Waals surface area (Å²) in [6.45, 7) is 3.49. The fourth-order valence-corrected chi connectivity index (χ4v) is 0.375. The molecular weight excluding hydrogens is 168 g/mol. The fraction of sp³-hybridized carbons (Fsp3) is 0.667. The van der Waals surface area contributed by atoms with Crippen molar-refractivity contribution in [1.82, 2.24) is 5.32 Å². The summed E-state index contributed by atoms with van der Waals surface area (Å²) in [6.07, 6.45) is 0. The molecule has 0 saturated carbocycles. The molecule has 0 aromatic rings. The SMILES string of the molecule is CC(C)C(=N)NCC(=O)O.Cl. The lowest BCUT2D eigenvalue weighted by Gasteiger charge is -2.07. The van der Waals surface area contributed by atoms with Crippen molar-refractivity contribution in [1.29, 1.82) is 5.41 Å². The zero-order chi connectivity index (χ0) is 8.15. The first-order valence-electron chi connectivity index (χ1n) is 3.08. The minimum absolute atomic E-state index is 0. The van der Waals surface area contributed by atoms with Crippen molar-refractivity contribution in [2.45, 2.75) is 13.8 Å². The average molecular weight is 181 g/mol. The van der Waals surface area contributed by atoms with Gasteiger partial charge in [0.15, 0.2) is 0 Å². The Bertz CT molecular complexity index is 148. The van der Waals surface area contributed by atoms with Crippen molar-refractivity contribution >= 4 is 24.2 Å². The number of aliphatic carboxylic acids is 1. The highest BCUT2D eigenvalue weighted by molar-refractivity contribution is 5.85. The lowest BCUT2D eigenvalue weighted by Crippen LogP contribution is -2.31. The van der Waals surface area contributed by atoms with Gasteiger partial charge < -0.3 is 10.4 Å². The topological polar surface area (TPSA) is 73.2 Å². The van der Waals surface area contributed by atoms with Gasteiger partial charge in [0, 0.05) is 5.92 Å². The summed E-state index contributed by atoms with van der Waals surface area (Å²) in [5.74, 6) is -0.604. The normalized spacial score (nSPS) is 8.64. The molecule has 0 unspecified atom stereocenters. The van der Waals surface area contributed by atoms with Crippen LogP contribution in [0.25, 0.3) is 0 Å². The Labute approximate surface area is 71.9 Å². The van der Waals surface area contributed by atoms with Gasteiger partial charge in [-0.2, -0.15) is 0 Å². The molecule has 3 N–H and O–H groups in total. The number of hydrogen-bond donors (Lipinski definition) is 3. The molecule has 0 aliphatic heterocycles. The van der Waals surface area contributed by atoms with Crippen LogP contribution in [0.2, 0.25) is 0 Å². The second kappa shape index (κ2) is 5.97. The molecule has 0 bridgehead atoms. The van der Waals surface area contributed by atoms with E-state index in [2.05, 4.69) is 5.32 Å². The molecule has 0 aromatic heterocycles. The van der Waals surface area contributed by atoms with Gasteiger partial charge in [-0.25, -0.2) is 0 Å². The molecule has 5 heteroatoms. The van der Waals surface area contributed by atoms with E-state index in [-0.39, 0.29) is 30.7 Å². The molecule has 66 valence electrons. The van der Waals surface area contributed by atoms with Crippen LogP contribution in [0, 0.1) is 11.3 Å². The van der Waals surface area contributed by atoms with Crippen molar-refractivity contribution in [3.63, 3.8) is 0 Å². The first-order chi connectivity index (χ1) is 4.54. The van der Waals surface area contributed by atoms with Crippen LogP contribution < -0.4 is 5.32 Å². The van der Waals surface area contributed by atoms with Crippen LogP contribution in [0.4, 0.5) is 0 Å². The number of halogens is 1. The van der Waals surface area contributed by atoms with Crippen molar-refractivity contribution in [3.05, 3.63) is 0 Å². The summed E-state index contributed by atoms with van der Waals surface area (Å²) in [5, 5.41) is 17.8.